The molecule has 0 aliphatic carbocycles. The molecule has 1 aliphatic heterocycles. The van der Waals surface area contributed by atoms with Crippen LogP contribution in [-0.2, 0) is 9.59 Å². The minimum absolute atomic E-state index is 0.0832. The molecule has 0 unspecified atom stereocenters. The van der Waals surface area contributed by atoms with Gasteiger partial charge < -0.3 is 5.32 Å². The minimum Gasteiger partial charge on any atom is -0.325 e. The number of anilines is 1. The highest BCUT2D eigenvalue weighted by Crippen LogP contribution is 2.29. The van der Waals surface area contributed by atoms with Gasteiger partial charge in [0.05, 0.1) is 5.69 Å². The van der Waals surface area contributed by atoms with Gasteiger partial charge in [-0.2, -0.15) is 0 Å². The van der Waals surface area contributed by atoms with E-state index in [0.29, 0.717) is 16.5 Å². The maximum absolute atomic E-state index is 13.0. The number of nitrogens with one attached hydrogen (secondary N) is 1. The number of amides is 2. The smallest absolute Gasteiger partial charge is 0.238 e. The SMILES string of the molecule is CN1C(=O)C[C@@H](C(=O)Nc2ccc(F)cc2)SC1=Nc1ccc(I)cc1. The Kier molecular flexibility index (Phi) is 5.92. The highest BCUT2D eigenvalue weighted by atomic mass is 127. The lowest BCUT2D eigenvalue weighted by molar-refractivity contribution is -0.128. The van der Waals surface area contributed by atoms with Crippen LogP contribution >= 0.6 is 34.4 Å². The summed E-state index contributed by atoms with van der Waals surface area (Å²) >= 11 is 3.44. The van der Waals surface area contributed by atoms with E-state index in [0.717, 1.165) is 3.57 Å². The predicted octanol–water partition coefficient (Wildman–Crippen LogP) is 4.02. The Morgan fingerprint density at radius 1 is 1.23 bits per heavy atom. The van der Waals surface area contributed by atoms with Crippen LogP contribution in [0.4, 0.5) is 15.8 Å². The zero-order valence-electron chi connectivity index (χ0n) is 13.8. The number of halogens is 2. The highest BCUT2D eigenvalue weighted by molar-refractivity contribution is 14.1. The molecule has 0 saturated carbocycles. The summed E-state index contributed by atoms with van der Waals surface area (Å²) in [6.45, 7) is 0. The summed E-state index contributed by atoms with van der Waals surface area (Å²) in [6.07, 6.45) is 0.0832. The number of nitrogens with zero attached hydrogens (tertiary/aromatic N) is 2. The average Bonchev–Trinajstić information content (AvgIpc) is 2.62. The van der Waals surface area contributed by atoms with Crippen molar-refractivity contribution in [3.8, 4) is 0 Å². The van der Waals surface area contributed by atoms with Crippen molar-refractivity contribution in [1.29, 1.82) is 0 Å². The quantitative estimate of drug-likeness (QED) is 0.672. The van der Waals surface area contributed by atoms with E-state index < -0.39 is 5.25 Å². The molecule has 0 bridgehead atoms. The fraction of sp³-hybridized carbons (Fsp3) is 0.167. The summed E-state index contributed by atoms with van der Waals surface area (Å²) < 4.78 is 14.1. The summed E-state index contributed by atoms with van der Waals surface area (Å²) in [5.41, 5.74) is 1.20. The summed E-state index contributed by atoms with van der Waals surface area (Å²) in [7, 11) is 1.65. The Balaban J connectivity index is 1.76. The molecule has 3 rings (SSSR count). The van der Waals surface area contributed by atoms with E-state index in [1.165, 1.54) is 40.9 Å². The second-order valence-corrected chi connectivity index (χ2v) is 8.05. The molecule has 1 N–H and O–H groups in total. The Bertz CT molecular complexity index is 856. The fourth-order valence-electron chi connectivity index (χ4n) is 2.28. The van der Waals surface area contributed by atoms with Crippen LogP contribution in [0.2, 0.25) is 0 Å². The van der Waals surface area contributed by atoms with Gasteiger partial charge in [0.25, 0.3) is 0 Å². The van der Waals surface area contributed by atoms with Gasteiger partial charge in [-0.1, -0.05) is 11.8 Å². The van der Waals surface area contributed by atoms with Crippen molar-refractivity contribution in [2.75, 3.05) is 12.4 Å². The third kappa shape index (κ3) is 4.61. The molecular weight excluding hydrogens is 468 g/mol. The van der Waals surface area contributed by atoms with Crippen LogP contribution in [0.25, 0.3) is 0 Å². The number of carbonyl (C=O) groups excluding carboxylic acids is 2. The molecule has 2 amide bonds. The van der Waals surface area contributed by atoms with Gasteiger partial charge in [-0.05, 0) is 71.1 Å². The van der Waals surface area contributed by atoms with Crippen LogP contribution in [0.15, 0.2) is 53.5 Å². The van der Waals surface area contributed by atoms with Crippen molar-refractivity contribution in [3.63, 3.8) is 0 Å². The number of aliphatic imine (C=N–C) groups is 1. The van der Waals surface area contributed by atoms with Crippen LogP contribution in [-0.4, -0.2) is 34.2 Å². The van der Waals surface area contributed by atoms with Gasteiger partial charge in [0.15, 0.2) is 5.17 Å². The van der Waals surface area contributed by atoms with Gasteiger partial charge in [0, 0.05) is 22.7 Å². The lowest BCUT2D eigenvalue weighted by Crippen LogP contribution is -2.43. The van der Waals surface area contributed by atoms with Crippen LogP contribution in [0.1, 0.15) is 6.42 Å². The molecule has 26 heavy (non-hydrogen) atoms. The number of thioether (sulfide) groups is 1. The second-order valence-electron chi connectivity index (χ2n) is 5.63. The Morgan fingerprint density at radius 3 is 2.54 bits per heavy atom. The molecule has 8 heteroatoms. The summed E-state index contributed by atoms with van der Waals surface area (Å²) in [5, 5.41) is 2.60. The maximum atomic E-state index is 13.0. The fourth-order valence-corrected chi connectivity index (χ4v) is 3.70. The van der Waals surface area contributed by atoms with E-state index in [1.807, 2.05) is 24.3 Å². The van der Waals surface area contributed by atoms with E-state index in [1.54, 1.807) is 7.05 Å². The first kappa shape index (κ1) is 18.8. The largest absolute Gasteiger partial charge is 0.325 e. The van der Waals surface area contributed by atoms with Crippen molar-refractivity contribution >= 4 is 62.7 Å². The third-order valence-electron chi connectivity index (χ3n) is 3.72. The third-order valence-corrected chi connectivity index (χ3v) is 5.68. The topological polar surface area (TPSA) is 61.8 Å². The molecular formula is C18H15FIN3O2S. The number of carbonyl (C=O) groups is 2. The van der Waals surface area contributed by atoms with Crippen LogP contribution in [0, 0.1) is 9.39 Å². The van der Waals surface area contributed by atoms with E-state index >= 15 is 0 Å². The van der Waals surface area contributed by atoms with Crippen molar-refractivity contribution in [3.05, 3.63) is 57.9 Å². The lowest BCUT2D eigenvalue weighted by atomic mass is 10.2. The summed E-state index contributed by atoms with van der Waals surface area (Å²) in [4.78, 5) is 30.7. The first-order valence-electron chi connectivity index (χ1n) is 7.76. The number of benzene rings is 2. The molecule has 2 aromatic rings. The van der Waals surface area contributed by atoms with Gasteiger partial charge in [0.1, 0.15) is 11.1 Å². The van der Waals surface area contributed by atoms with E-state index in [-0.39, 0.29) is 24.1 Å². The standard InChI is InChI=1S/C18H15FIN3O2S/c1-23-16(24)10-15(17(25)21-13-6-2-11(19)3-7-13)26-18(23)22-14-8-4-12(20)5-9-14/h2-9,15H,10H2,1H3,(H,21,25)/t15-/m0/s1. The minimum atomic E-state index is -0.591. The molecule has 0 spiro atoms. The normalized spacial score (nSPS) is 18.9. The Hall–Kier alpha value is -1.94. The Labute approximate surface area is 168 Å². The monoisotopic (exact) mass is 483 g/mol. The van der Waals surface area contributed by atoms with Crippen molar-refractivity contribution < 1.29 is 14.0 Å². The summed E-state index contributed by atoms with van der Waals surface area (Å²) in [5.74, 6) is -0.857. The van der Waals surface area contributed by atoms with Crippen LogP contribution in [0.5, 0.6) is 0 Å². The lowest BCUT2D eigenvalue weighted by Gasteiger charge is -2.28. The number of rotatable bonds is 3. The molecule has 1 atom stereocenters. The van der Waals surface area contributed by atoms with Gasteiger partial charge >= 0.3 is 0 Å². The highest BCUT2D eigenvalue weighted by Gasteiger charge is 2.34. The van der Waals surface area contributed by atoms with Crippen molar-refractivity contribution in [2.45, 2.75) is 11.7 Å². The zero-order chi connectivity index (χ0) is 18.7. The van der Waals surface area contributed by atoms with E-state index in [4.69, 9.17) is 0 Å². The molecule has 1 saturated heterocycles. The second kappa shape index (κ2) is 8.17. The zero-order valence-corrected chi connectivity index (χ0v) is 16.8. The Morgan fingerprint density at radius 2 is 1.88 bits per heavy atom. The first-order valence-corrected chi connectivity index (χ1v) is 9.72. The maximum Gasteiger partial charge on any atom is 0.238 e. The van der Waals surface area contributed by atoms with Gasteiger partial charge in [-0.15, -0.1) is 0 Å². The van der Waals surface area contributed by atoms with Crippen LogP contribution in [0.3, 0.4) is 0 Å². The van der Waals surface area contributed by atoms with Gasteiger partial charge in [0.2, 0.25) is 11.8 Å². The van der Waals surface area contributed by atoms with Gasteiger partial charge in [-0.25, -0.2) is 9.38 Å². The number of amidine groups is 1. The van der Waals surface area contributed by atoms with Gasteiger partial charge in [-0.3, -0.25) is 14.5 Å². The molecule has 0 aromatic heterocycles. The molecule has 1 fully saturated rings. The molecule has 134 valence electrons. The number of hydrogen-bond donors (Lipinski definition) is 1. The molecule has 0 radical (unpaired) electrons. The van der Waals surface area contributed by atoms with Crippen LogP contribution < -0.4 is 5.32 Å². The molecule has 1 aliphatic rings. The first-order chi connectivity index (χ1) is 12.4. The number of hydrogen-bond acceptors (Lipinski definition) is 4. The molecule has 1 heterocycles. The average molecular weight is 483 g/mol. The van der Waals surface area contributed by atoms with Crippen molar-refractivity contribution in [1.82, 2.24) is 4.90 Å². The summed E-state index contributed by atoms with van der Waals surface area (Å²) in [6, 6.07) is 13.1. The molecule has 5 nitrogen and oxygen atoms in total. The van der Waals surface area contributed by atoms with Crippen molar-refractivity contribution in [2.24, 2.45) is 4.99 Å². The predicted molar refractivity (Wildman–Crippen MR) is 110 cm³/mol. The molecule has 2 aromatic carbocycles. The van der Waals surface area contributed by atoms with E-state index in [2.05, 4.69) is 32.9 Å². The van der Waals surface area contributed by atoms with E-state index in [9.17, 15) is 14.0 Å².